The molecule has 3 aromatic rings. The molecule has 0 aliphatic heterocycles. The van der Waals surface area contributed by atoms with E-state index in [4.69, 9.17) is 4.74 Å². The van der Waals surface area contributed by atoms with Crippen molar-refractivity contribution in [3.05, 3.63) is 59.5 Å². The van der Waals surface area contributed by atoms with Gasteiger partial charge in [0.2, 0.25) is 5.75 Å². The molecule has 0 bridgehead atoms. The van der Waals surface area contributed by atoms with Gasteiger partial charge in [-0.3, -0.25) is 0 Å². The Morgan fingerprint density at radius 2 is 1.84 bits per heavy atom. The van der Waals surface area contributed by atoms with Crippen LogP contribution >= 0.6 is 0 Å². The van der Waals surface area contributed by atoms with Crippen LogP contribution in [0, 0.1) is 0 Å². The van der Waals surface area contributed by atoms with E-state index in [0.29, 0.717) is 18.9 Å². The minimum atomic E-state index is -1.23. The third kappa shape index (κ3) is 4.33. The van der Waals surface area contributed by atoms with Crippen molar-refractivity contribution in [2.24, 2.45) is 0 Å². The van der Waals surface area contributed by atoms with Gasteiger partial charge >= 0.3 is 5.97 Å². The Morgan fingerprint density at radius 1 is 1.10 bits per heavy atom. The smallest absolute Gasteiger partial charge is 0.358 e. The predicted molar refractivity (Wildman–Crippen MR) is 119 cm³/mol. The molecule has 162 valence electrons. The maximum atomic E-state index is 11.8. The molecule has 1 aliphatic carbocycles. The molecule has 1 saturated carbocycles. The summed E-state index contributed by atoms with van der Waals surface area (Å²) < 4.78 is 5.50. The lowest BCUT2D eigenvalue weighted by Crippen LogP contribution is -2.27. The van der Waals surface area contributed by atoms with Crippen LogP contribution in [-0.4, -0.2) is 32.8 Å². The molecule has 31 heavy (non-hydrogen) atoms. The monoisotopic (exact) mass is 420 g/mol. The van der Waals surface area contributed by atoms with E-state index in [1.54, 1.807) is 0 Å². The number of unbranched alkanes of at least 4 members (excludes halogenated alkanes) is 1. The molecule has 6 heteroatoms. The number of carboxylic acid groups (broad SMARTS) is 1. The van der Waals surface area contributed by atoms with Gasteiger partial charge in [-0.1, -0.05) is 68.7 Å². The highest BCUT2D eigenvalue weighted by Crippen LogP contribution is 2.44. The van der Waals surface area contributed by atoms with E-state index in [-0.39, 0.29) is 16.9 Å². The van der Waals surface area contributed by atoms with Crippen LogP contribution in [0.4, 0.5) is 0 Å². The first-order chi connectivity index (χ1) is 15.0. The number of aromatic carboxylic acids is 1. The van der Waals surface area contributed by atoms with E-state index in [2.05, 4.69) is 40.3 Å². The quantitative estimate of drug-likeness (QED) is 0.483. The average molecular weight is 421 g/mol. The average Bonchev–Trinajstić information content (AvgIpc) is 3.24. The van der Waals surface area contributed by atoms with Crippen molar-refractivity contribution in [2.75, 3.05) is 6.61 Å². The Labute approximate surface area is 181 Å². The second kappa shape index (κ2) is 8.92. The van der Waals surface area contributed by atoms with Crippen molar-refractivity contribution >= 4 is 16.7 Å². The first-order valence-corrected chi connectivity index (χ1v) is 11.0. The molecule has 0 saturated heterocycles. The van der Waals surface area contributed by atoms with E-state index >= 15 is 0 Å². The molecule has 1 aromatic heterocycles. The van der Waals surface area contributed by atoms with Gasteiger partial charge in [-0.25, -0.2) is 9.78 Å². The van der Waals surface area contributed by atoms with Crippen LogP contribution in [0.15, 0.2) is 42.5 Å². The zero-order valence-electron chi connectivity index (χ0n) is 17.8. The summed E-state index contributed by atoms with van der Waals surface area (Å²) in [5, 5.41) is 22.5. The number of benzene rings is 2. The number of aromatic hydroxyl groups is 1. The summed E-state index contributed by atoms with van der Waals surface area (Å²) in [6, 6.07) is 14.8. The van der Waals surface area contributed by atoms with Crippen LogP contribution in [0.25, 0.3) is 10.8 Å². The van der Waals surface area contributed by atoms with Gasteiger partial charge in [0.15, 0.2) is 5.69 Å². The number of carboxylic acids is 1. The molecule has 1 fully saturated rings. The number of aromatic nitrogens is 2. The summed E-state index contributed by atoms with van der Waals surface area (Å²) in [5.74, 6) is -1.43. The lowest BCUT2D eigenvalue weighted by Gasteiger charge is -2.29. The van der Waals surface area contributed by atoms with Crippen LogP contribution in [0.3, 0.4) is 0 Å². The topological polar surface area (TPSA) is 92.5 Å². The lowest BCUT2D eigenvalue weighted by molar-refractivity contribution is 0.0683. The molecule has 1 aliphatic rings. The van der Waals surface area contributed by atoms with Gasteiger partial charge in [0.25, 0.3) is 5.88 Å². The minimum absolute atomic E-state index is 0.143. The van der Waals surface area contributed by atoms with Crippen molar-refractivity contribution in [3.8, 4) is 11.6 Å². The van der Waals surface area contributed by atoms with Gasteiger partial charge in [-0.05, 0) is 35.6 Å². The summed E-state index contributed by atoms with van der Waals surface area (Å²) >= 11 is 0. The fraction of sp³-hybridized carbons (Fsp3) is 0.400. The van der Waals surface area contributed by atoms with Crippen LogP contribution in [-0.2, 0) is 11.8 Å². The highest BCUT2D eigenvalue weighted by molar-refractivity contribution is 5.89. The van der Waals surface area contributed by atoms with Gasteiger partial charge in [0, 0.05) is 11.8 Å². The highest BCUT2D eigenvalue weighted by atomic mass is 16.5. The third-order valence-corrected chi connectivity index (χ3v) is 6.26. The van der Waals surface area contributed by atoms with Crippen LogP contribution in [0.5, 0.6) is 11.6 Å². The second-order valence-electron chi connectivity index (χ2n) is 8.37. The zero-order chi connectivity index (χ0) is 21.8. The Morgan fingerprint density at radius 3 is 2.55 bits per heavy atom. The molecule has 2 aromatic carbocycles. The number of hydrogen-bond donors (Lipinski definition) is 2. The van der Waals surface area contributed by atoms with Gasteiger partial charge < -0.3 is 14.9 Å². The summed E-state index contributed by atoms with van der Waals surface area (Å²) in [6.07, 6.45) is 6.29. The largest absolute Gasteiger partial charge is 0.491 e. The number of ether oxygens (including phenoxy) is 1. The number of carbonyl (C=O) groups is 1. The molecule has 0 atom stereocenters. The molecule has 0 amide bonds. The maximum Gasteiger partial charge on any atom is 0.358 e. The molecule has 1 heterocycles. The maximum absolute atomic E-state index is 11.8. The Kier molecular flexibility index (Phi) is 6.07. The fourth-order valence-corrected chi connectivity index (χ4v) is 4.60. The van der Waals surface area contributed by atoms with Crippen molar-refractivity contribution in [1.82, 2.24) is 9.97 Å². The van der Waals surface area contributed by atoms with Gasteiger partial charge in [0.05, 0.1) is 6.61 Å². The van der Waals surface area contributed by atoms with Crippen LogP contribution in [0.2, 0.25) is 0 Å². The summed E-state index contributed by atoms with van der Waals surface area (Å²) in [4.78, 5) is 20.4. The fourth-order valence-electron chi connectivity index (χ4n) is 4.60. The minimum Gasteiger partial charge on any atom is -0.491 e. The Bertz CT molecular complexity index is 1090. The van der Waals surface area contributed by atoms with Crippen molar-refractivity contribution in [3.63, 3.8) is 0 Å². The third-order valence-electron chi connectivity index (χ3n) is 6.26. The molecule has 0 spiro atoms. The van der Waals surface area contributed by atoms with Gasteiger partial charge in [-0.2, -0.15) is 4.98 Å². The lowest BCUT2D eigenvalue weighted by atomic mass is 9.75. The van der Waals surface area contributed by atoms with E-state index in [1.165, 1.54) is 16.3 Å². The normalized spacial score (nSPS) is 15.3. The Hall–Kier alpha value is -3.15. The van der Waals surface area contributed by atoms with Gasteiger partial charge in [-0.15, -0.1) is 0 Å². The second-order valence-corrected chi connectivity index (χ2v) is 8.37. The first kappa shape index (κ1) is 21.1. The van der Waals surface area contributed by atoms with Crippen LogP contribution in [0.1, 0.15) is 67.3 Å². The SMILES string of the molecule is CCCCOc1c(O)nc(CC2(c3ccc4ccccc4c3)CCCC2)nc1C(=O)O. The molecular formula is C25H28N2O4. The molecule has 2 N–H and O–H groups in total. The zero-order valence-corrected chi connectivity index (χ0v) is 17.8. The molecule has 0 radical (unpaired) electrons. The van der Waals surface area contributed by atoms with Crippen LogP contribution < -0.4 is 4.74 Å². The van der Waals surface area contributed by atoms with E-state index in [0.717, 1.165) is 38.5 Å². The highest BCUT2D eigenvalue weighted by Gasteiger charge is 2.37. The standard InChI is InChI=1S/C25H28N2O4/c1-2-3-14-31-22-21(24(29)30)26-20(27-23(22)28)16-25(12-6-7-13-25)19-11-10-17-8-4-5-9-18(17)15-19/h4-5,8-11,15H,2-3,6-7,12-14,16H2,1H3,(H,29,30)(H,26,27,28). The van der Waals surface area contributed by atoms with Gasteiger partial charge in [0.1, 0.15) is 5.82 Å². The summed E-state index contributed by atoms with van der Waals surface area (Å²) in [6.45, 7) is 2.32. The summed E-state index contributed by atoms with van der Waals surface area (Å²) in [5.41, 5.74) is 0.772. The van der Waals surface area contributed by atoms with E-state index in [1.807, 2.05) is 19.1 Å². The van der Waals surface area contributed by atoms with E-state index < -0.39 is 11.8 Å². The van der Waals surface area contributed by atoms with Crippen molar-refractivity contribution in [2.45, 2.75) is 57.3 Å². The number of nitrogens with zero attached hydrogens (tertiary/aromatic N) is 2. The van der Waals surface area contributed by atoms with Crippen molar-refractivity contribution < 1.29 is 19.7 Å². The first-order valence-electron chi connectivity index (χ1n) is 11.0. The van der Waals surface area contributed by atoms with Crippen molar-refractivity contribution in [1.29, 1.82) is 0 Å². The van der Waals surface area contributed by atoms with E-state index in [9.17, 15) is 15.0 Å². The number of rotatable bonds is 8. The molecule has 0 unspecified atom stereocenters. The predicted octanol–water partition coefficient (Wildman–Crippen LogP) is 5.27. The summed E-state index contributed by atoms with van der Waals surface area (Å²) in [7, 11) is 0. The number of hydrogen-bond acceptors (Lipinski definition) is 5. The molecule has 6 nitrogen and oxygen atoms in total. The molecule has 4 rings (SSSR count). The Balaban J connectivity index is 1.70. The molecular weight excluding hydrogens is 392 g/mol. The number of fused-ring (bicyclic) bond motifs is 1.